The number of rotatable bonds is 8. The summed E-state index contributed by atoms with van der Waals surface area (Å²) in [5, 5.41) is 3.43. The molecule has 1 aliphatic rings. The Kier molecular flexibility index (Phi) is 7.58. The van der Waals surface area contributed by atoms with Crippen molar-refractivity contribution >= 4 is 23.6 Å². The third-order valence-corrected chi connectivity index (χ3v) is 5.35. The number of likely N-dealkylation sites (N-methyl/N-ethyl adjacent to an activating group) is 1. The molecule has 0 aromatic heterocycles. The highest BCUT2D eigenvalue weighted by Gasteiger charge is 2.38. The van der Waals surface area contributed by atoms with Gasteiger partial charge in [0.1, 0.15) is 12.4 Å². The number of esters is 1. The van der Waals surface area contributed by atoms with E-state index < -0.39 is 12.0 Å². The second-order valence-corrected chi connectivity index (χ2v) is 7.49. The van der Waals surface area contributed by atoms with Gasteiger partial charge in [0.2, 0.25) is 0 Å². The molecule has 1 unspecified atom stereocenters. The maximum atomic E-state index is 13.0. The zero-order chi connectivity index (χ0) is 22.4. The number of urea groups is 1. The topological polar surface area (TPSA) is 67.9 Å². The first-order valence-corrected chi connectivity index (χ1v) is 10.8. The molecule has 2 amide bonds. The minimum Gasteiger partial charge on any atom is -0.487 e. The van der Waals surface area contributed by atoms with Crippen molar-refractivity contribution in [2.75, 3.05) is 19.8 Å². The van der Waals surface area contributed by atoms with E-state index in [-0.39, 0.29) is 19.2 Å². The van der Waals surface area contributed by atoms with E-state index in [1.54, 1.807) is 25.1 Å². The zero-order valence-electron chi connectivity index (χ0n) is 18.0. The Bertz CT molecular complexity index is 989. The normalized spacial score (nSPS) is 16.2. The second-order valence-electron chi connectivity index (χ2n) is 7.05. The van der Waals surface area contributed by atoms with Gasteiger partial charge in [-0.3, -0.25) is 4.90 Å². The lowest BCUT2D eigenvalue weighted by Gasteiger charge is -2.36. The van der Waals surface area contributed by atoms with Crippen LogP contribution in [-0.2, 0) is 16.0 Å². The molecule has 0 fully saturated rings. The van der Waals surface area contributed by atoms with Gasteiger partial charge in [-0.05, 0) is 55.7 Å². The third kappa shape index (κ3) is 5.20. The summed E-state index contributed by atoms with van der Waals surface area (Å²) >= 11 is 6.17. The van der Waals surface area contributed by atoms with Crippen molar-refractivity contribution < 1.29 is 19.1 Å². The van der Waals surface area contributed by atoms with Crippen LogP contribution in [0, 0.1) is 0 Å². The molecule has 2 aromatic rings. The number of hydrogen-bond donors (Lipinski definition) is 1. The molecule has 0 spiro atoms. The number of amides is 2. The van der Waals surface area contributed by atoms with Crippen molar-refractivity contribution in [1.82, 2.24) is 10.2 Å². The fraction of sp³-hybridized carbons (Fsp3) is 0.333. The average Bonchev–Trinajstić information content (AvgIpc) is 2.77. The highest BCUT2D eigenvalue weighted by molar-refractivity contribution is 6.30. The first kappa shape index (κ1) is 22.7. The summed E-state index contributed by atoms with van der Waals surface area (Å²) in [4.78, 5) is 27.4. The van der Waals surface area contributed by atoms with Crippen molar-refractivity contribution in [2.24, 2.45) is 0 Å². The number of halogens is 1. The Morgan fingerprint density at radius 3 is 2.58 bits per heavy atom. The van der Waals surface area contributed by atoms with Gasteiger partial charge in [0.05, 0.1) is 23.9 Å². The Morgan fingerprint density at radius 1 is 1.13 bits per heavy atom. The van der Waals surface area contributed by atoms with Crippen LogP contribution >= 0.6 is 11.6 Å². The van der Waals surface area contributed by atoms with Gasteiger partial charge in [-0.1, -0.05) is 42.8 Å². The first-order chi connectivity index (χ1) is 15.0. The van der Waals surface area contributed by atoms with Crippen LogP contribution in [0.15, 0.2) is 59.8 Å². The molecule has 7 heteroatoms. The van der Waals surface area contributed by atoms with Crippen molar-refractivity contribution in [3.05, 3.63) is 76.0 Å². The summed E-state index contributed by atoms with van der Waals surface area (Å²) in [6, 6.07) is 13.9. The highest BCUT2D eigenvalue weighted by atomic mass is 35.5. The van der Waals surface area contributed by atoms with Gasteiger partial charge in [-0.15, -0.1) is 0 Å². The van der Waals surface area contributed by atoms with Crippen molar-refractivity contribution in [1.29, 1.82) is 0 Å². The zero-order valence-corrected chi connectivity index (χ0v) is 18.7. The molecule has 1 N–H and O–H groups in total. The van der Waals surface area contributed by atoms with Gasteiger partial charge in [0.25, 0.3) is 0 Å². The molecule has 6 nitrogen and oxygen atoms in total. The number of benzene rings is 2. The Labute approximate surface area is 187 Å². The van der Waals surface area contributed by atoms with Crippen molar-refractivity contribution in [3.8, 4) is 5.75 Å². The molecule has 3 rings (SSSR count). The van der Waals surface area contributed by atoms with Crippen LogP contribution in [0.5, 0.6) is 5.75 Å². The van der Waals surface area contributed by atoms with Crippen molar-refractivity contribution in [3.63, 3.8) is 0 Å². The Balaban J connectivity index is 2.06. The van der Waals surface area contributed by atoms with E-state index in [0.717, 1.165) is 12.0 Å². The van der Waals surface area contributed by atoms with E-state index in [1.165, 1.54) is 4.90 Å². The fourth-order valence-corrected chi connectivity index (χ4v) is 3.78. The predicted molar refractivity (Wildman–Crippen MR) is 120 cm³/mol. The number of ether oxygens (including phenoxy) is 2. The predicted octanol–water partition coefficient (Wildman–Crippen LogP) is 4.88. The molecule has 1 aliphatic heterocycles. The monoisotopic (exact) mass is 442 g/mol. The summed E-state index contributed by atoms with van der Waals surface area (Å²) < 4.78 is 11.4. The maximum absolute atomic E-state index is 13.0. The van der Waals surface area contributed by atoms with Gasteiger partial charge in [-0.2, -0.15) is 0 Å². The lowest BCUT2D eigenvalue weighted by Crippen LogP contribution is -2.49. The Hall–Kier alpha value is -2.99. The Morgan fingerprint density at radius 2 is 1.90 bits per heavy atom. The number of nitrogens with zero attached hydrogens (tertiary/aromatic N) is 1. The van der Waals surface area contributed by atoms with E-state index in [1.807, 2.05) is 37.3 Å². The molecule has 0 bridgehead atoms. The van der Waals surface area contributed by atoms with Crippen LogP contribution < -0.4 is 10.1 Å². The van der Waals surface area contributed by atoms with E-state index in [4.69, 9.17) is 21.1 Å². The second kappa shape index (κ2) is 10.4. The molecule has 1 atom stereocenters. The van der Waals surface area contributed by atoms with Gasteiger partial charge in [0, 0.05) is 11.6 Å². The number of aryl methyl sites for hydroxylation is 1. The molecular formula is C24H27ClN2O4. The fourth-order valence-electron chi connectivity index (χ4n) is 3.59. The molecule has 0 saturated carbocycles. The standard InChI is InChI=1S/C24H27ClN2O4/c1-4-16-9-7-12-19(13-16)31-15-20-21(23(28)30-6-3)22(26-24(29)27(20)5-2)17-10-8-11-18(25)14-17/h7-14,22H,4-6,15H2,1-3H3,(H,26,29). The molecule has 2 aromatic carbocycles. The van der Waals surface area contributed by atoms with Gasteiger partial charge >= 0.3 is 12.0 Å². The van der Waals surface area contributed by atoms with Crippen LogP contribution in [0.2, 0.25) is 5.02 Å². The largest absolute Gasteiger partial charge is 0.487 e. The molecule has 1 heterocycles. The number of carbonyl (C=O) groups excluding carboxylic acids is 2. The van der Waals surface area contributed by atoms with E-state index >= 15 is 0 Å². The van der Waals surface area contributed by atoms with Crippen LogP contribution in [0.1, 0.15) is 37.9 Å². The number of nitrogens with one attached hydrogen (secondary N) is 1. The van der Waals surface area contributed by atoms with Crippen molar-refractivity contribution in [2.45, 2.75) is 33.2 Å². The summed E-state index contributed by atoms with van der Waals surface area (Å²) in [7, 11) is 0. The van der Waals surface area contributed by atoms with E-state index in [9.17, 15) is 9.59 Å². The quantitative estimate of drug-likeness (QED) is 0.591. The molecule has 31 heavy (non-hydrogen) atoms. The lowest BCUT2D eigenvalue weighted by atomic mass is 9.94. The summed E-state index contributed by atoms with van der Waals surface area (Å²) in [5.41, 5.74) is 2.67. The SMILES string of the molecule is CCOC(=O)C1=C(COc2cccc(CC)c2)N(CC)C(=O)NC1c1cccc(Cl)c1. The van der Waals surface area contributed by atoms with Gasteiger partial charge in [0.15, 0.2) is 0 Å². The number of carbonyl (C=O) groups is 2. The summed E-state index contributed by atoms with van der Waals surface area (Å²) in [5.74, 6) is 0.184. The van der Waals surface area contributed by atoms with Crippen LogP contribution in [0.4, 0.5) is 4.79 Å². The first-order valence-electron chi connectivity index (χ1n) is 10.4. The van der Waals surface area contributed by atoms with E-state index in [0.29, 0.717) is 34.2 Å². The molecule has 0 aliphatic carbocycles. The third-order valence-electron chi connectivity index (χ3n) is 5.11. The van der Waals surface area contributed by atoms with Gasteiger partial charge < -0.3 is 14.8 Å². The van der Waals surface area contributed by atoms with Crippen LogP contribution in [0.3, 0.4) is 0 Å². The highest BCUT2D eigenvalue weighted by Crippen LogP contribution is 2.33. The molecule has 0 saturated heterocycles. The maximum Gasteiger partial charge on any atom is 0.338 e. The minimum absolute atomic E-state index is 0.0552. The smallest absolute Gasteiger partial charge is 0.338 e. The number of hydrogen-bond acceptors (Lipinski definition) is 4. The lowest BCUT2D eigenvalue weighted by molar-refractivity contribution is -0.139. The molecule has 164 valence electrons. The van der Waals surface area contributed by atoms with Crippen LogP contribution in [-0.4, -0.2) is 36.7 Å². The minimum atomic E-state index is -0.686. The molecular weight excluding hydrogens is 416 g/mol. The summed E-state index contributed by atoms with van der Waals surface area (Å²) in [6.07, 6.45) is 0.883. The summed E-state index contributed by atoms with van der Waals surface area (Å²) in [6.45, 7) is 6.32. The van der Waals surface area contributed by atoms with Crippen LogP contribution in [0.25, 0.3) is 0 Å². The van der Waals surface area contributed by atoms with Gasteiger partial charge in [-0.25, -0.2) is 9.59 Å². The molecule has 0 radical (unpaired) electrons. The van der Waals surface area contributed by atoms with E-state index in [2.05, 4.69) is 12.2 Å². The average molecular weight is 443 g/mol.